The largest absolute Gasteiger partial charge is 0.504 e. The second-order valence-corrected chi connectivity index (χ2v) is 4.85. The van der Waals surface area contributed by atoms with Gasteiger partial charge in [-0.25, -0.2) is 0 Å². The fraction of sp³-hybridized carbons (Fsp3) is 0.286. The van der Waals surface area contributed by atoms with Crippen LogP contribution in [0.2, 0.25) is 0 Å². The highest BCUT2D eigenvalue weighted by Crippen LogP contribution is 2.25. The Morgan fingerprint density at radius 3 is 2.67 bits per heavy atom. The lowest BCUT2D eigenvalue weighted by Gasteiger charge is -2.11. The van der Waals surface area contributed by atoms with Gasteiger partial charge in [0.1, 0.15) is 0 Å². The molecule has 5 N–H and O–H groups in total. The summed E-state index contributed by atoms with van der Waals surface area (Å²) < 4.78 is 4.99. The predicted molar refractivity (Wildman–Crippen MR) is 76.1 cm³/mol. The molecule has 0 fully saturated rings. The number of phenols is 2. The summed E-state index contributed by atoms with van der Waals surface area (Å²) in [5.41, 5.74) is 7.91. The Morgan fingerprint density at radius 1 is 1.38 bits per heavy atom. The van der Waals surface area contributed by atoms with Crippen molar-refractivity contribution < 1.29 is 19.5 Å². The topological polar surface area (TPSA) is 122 Å². The van der Waals surface area contributed by atoms with Gasteiger partial charge in [0.15, 0.2) is 11.5 Å². The molecular weight excluding hydrogens is 274 g/mol. The summed E-state index contributed by atoms with van der Waals surface area (Å²) in [7, 11) is 0. The van der Waals surface area contributed by atoms with Crippen molar-refractivity contribution in [3.8, 4) is 11.5 Å². The number of carbonyl (C=O) groups excluding carboxylic acids is 1. The molecule has 0 saturated heterocycles. The minimum atomic E-state index is -0.821. The van der Waals surface area contributed by atoms with E-state index in [0.29, 0.717) is 11.3 Å². The Hall–Kier alpha value is -2.54. The molecule has 1 atom stereocenters. The smallest absolute Gasteiger partial charge is 0.244 e. The molecule has 0 radical (unpaired) electrons. The van der Waals surface area contributed by atoms with Crippen molar-refractivity contribution in [2.75, 3.05) is 5.32 Å². The molecule has 0 aliphatic carbocycles. The number of nitrogens with two attached hydrogens (primary N) is 1. The molecular formula is C14H17N3O4. The average Bonchev–Trinajstić information content (AvgIpc) is 2.75. The van der Waals surface area contributed by atoms with E-state index in [4.69, 9.17) is 10.3 Å². The zero-order chi connectivity index (χ0) is 15.6. The van der Waals surface area contributed by atoms with Crippen LogP contribution in [0, 0.1) is 13.8 Å². The van der Waals surface area contributed by atoms with Crippen LogP contribution in [0.5, 0.6) is 11.5 Å². The summed E-state index contributed by atoms with van der Waals surface area (Å²) in [6.45, 7) is 3.55. The molecule has 1 heterocycles. The number of anilines is 1. The lowest BCUT2D eigenvalue weighted by atomic mass is 10.1. The van der Waals surface area contributed by atoms with Crippen molar-refractivity contribution in [3.63, 3.8) is 0 Å². The number of carbonyl (C=O) groups is 1. The fourth-order valence-electron chi connectivity index (χ4n) is 1.78. The Labute approximate surface area is 121 Å². The number of nitrogens with one attached hydrogen (secondary N) is 1. The maximum absolute atomic E-state index is 12.0. The third-order valence-corrected chi connectivity index (χ3v) is 3.23. The van der Waals surface area contributed by atoms with Crippen LogP contribution in [0.4, 0.5) is 5.88 Å². The zero-order valence-electron chi connectivity index (χ0n) is 11.8. The lowest BCUT2D eigenvalue weighted by Crippen LogP contribution is -2.37. The second kappa shape index (κ2) is 5.84. The Kier molecular flexibility index (Phi) is 4.13. The van der Waals surface area contributed by atoms with Crippen LogP contribution in [0.15, 0.2) is 22.7 Å². The first-order chi connectivity index (χ1) is 9.88. The summed E-state index contributed by atoms with van der Waals surface area (Å²) in [5, 5.41) is 25.0. The minimum Gasteiger partial charge on any atom is -0.504 e. The normalized spacial score (nSPS) is 12.1. The minimum absolute atomic E-state index is 0.214. The molecule has 7 nitrogen and oxygen atoms in total. The van der Waals surface area contributed by atoms with E-state index in [1.54, 1.807) is 19.9 Å². The first kappa shape index (κ1) is 14.9. The lowest BCUT2D eigenvalue weighted by molar-refractivity contribution is -0.117. The number of amides is 1. The van der Waals surface area contributed by atoms with E-state index in [2.05, 4.69) is 10.5 Å². The molecule has 21 heavy (non-hydrogen) atoms. The summed E-state index contributed by atoms with van der Waals surface area (Å²) in [6, 6.07) is 3.48. The predicted octanol–water partition coefficient (Wildman–Crippen LogP) is 1.21. The number of aryl methyl sites for hydroxylation is 1. The van der Waals surface area contributed by atoms with Gasteiger partial charge in [0.2, 0.25) is 11.8 Å². The van der Waals surface area contributed by atoms with Crippen LogP contribution in [-0.4, -0.2) is 27.3 Å². The van der Waals surface area contributed by atoms with Gasteiger partial charge >= 0.3 is 0 Å². The first-order valence-electron chi connectivity index (χ1n) is 6.38. The fourth-order valence-corrected chi connectivity index (χ4v) is 1.78. The third kappa shape index (κ3) is 3.32. The second-order valence-electron chi connectivity index (χ2n) is 4.85. The van der Waals surface area contributed by atoms with Crippen LogP contribution in [0.1, 0.15) is 16.8 Å². The molecule has 1 amide bonds. The Bertz CT molecular complexity index is 666. The molecule has 0 aliphatic heterocycles. The summed E-state index contributed by atoms with van der Waals surface area (Å²) in [6.07, 6.45) is 0.214. The Balaban J connectivity index is 2.02. The molecule has 0 saturated carbocycles. The van der Waals surface area contributed by atoms with Gasteiger partial charge in [-0.1, -0.05) is 11.2 Å². The molecule has 1 aromatic carbocycles. The quantitative estimate of drug-likeness (QED) is 0.628. The highest BCUT2D eigenvalue weighted by Gasteiger charge is 2.18. The van der Waals surface area contributed by atoms with Gasteiger partial charge in [-0.15, -0.1) is 0 Å². The van der Waals surface area contributed by atoms with Gasteiger partial charge in [-0.05, 0) is 38.0 Å². The van der Waals surface area contributed by atoms with Gasteiger partial charge in [-0.2, -0.15) is 0 Å². The number of aromatic nitrogens is 1. The highest BCUT2D eigenvalue weighted by molar-refractivity contribution is 5.94. The van der Waals surface area contributed by atoms with Gasteiger partial charge in [-0.3, -0.25) is 10.1 Å². The summed E-state index contributed by atoms with van der Waals surface area (Å²) in [4.78, 5) is 12.0. The maximum Gasteiger partial charge on any atom is 0.244 e. The maximum atomic E-state index is 12.0. The molecule has 0 bridgehead atoms. The van der Waals surface area contributed by atoms with E-state index in [9.17, 15) is 15.0 Å². The van der Waals surface area contributed by atoms with Gasteiger partial charge in [0, 0.05) is 5.56 Å². The molecule has 0 aliphatic rings. The van der Waals surface area contributed by atoms with Gasteiger partial charge < -0.3 is 20.5 Å². The molecule has 1 aromatic heterocycles. The number of phenolic OH excluding ortho intramolecular Hbond substituents is 2. The monoisotopic (exact) mass is 291 g/mol. The number of hydrogen-bond acceptors (Lipinski definition) is 6. The van der Waals surface area contributed by atoms with E-state index in [0.717, 1.165) is 5.56 Å². The van der Waals surface area contributed by atoms with Crippen molar-refractivity contribution in [3.05, 3.63) is 35.0 Å². The number of benzene rings is 1. The molecule has 112 valence electrons. The van der Waals surface area contributed by atoms with Crippen LogP contribution >= 0.6 is 0 Å². The van der Waals surface area contributed by atoms with E-state index in [-0.39, 0.29) is 23.8 Å². The Morgan fingerprint density at radius 2 is 2.10 bits per heavy atom. The SMILES string of the molecule is Cc1noc(NC(=O)[C@@H](N)Cc2ccc(O)c(O)c2)c1C. The zero-order valence-corrected chi connectivity index (χ0v) is 11.8. The average molecular weight is 291 g/mol. The first-order valence-corrected chi connectivity index (χ1v) is 6.38. The summed E-state index contributed by atoms with van der Waals surface area (Å²) >= 11 is 0. The number of hydrogen-bond donors (Lipinski definition) is 4. The van der Waals surface area contributed by atoms with Crippen LogP contribution in [0.25, 0.3) is 0 Å². The number of nitrogens with zero attached hydrogens (tertiary/aromatic N) is 1. The van der Waals surface area contributed by atoms with E-state index in [1.165, 1.54) is 12.1 Å². The van der Waals surface area contributed by atoms with E-state index in [1.807, 2.05) is 0 Å². The van der Waals surface area contributed by atoms with E-state index < -0.39 is 11.9 Å². The van der Waals surface area contributed by atoms with Crippen molar-refractivity contribution in [2.24, 2.45) is 5.73 Å². The highest BCUT2D eigenvalue weighted by atomic mass is 16.5. The van der Waals surface area contributed by atoms with Crippen LogP contribution < -0.4 is 11.1 Å². The third-order valence-electron chi connectivity index (χ3n) is 3.23. The molecule has 2 rings (SSSR count). The molecule has 0 unspecified atom stereocenters. The van der Waals surface area contributed by atoms with Crippen molar-refractivity contribution in [1.29, 1.82) is 0 Å². The molecule has 0 spiro atoms. The van der Waals surface area contributed by atoms with Crippen LogP contribution in [0.3, 0.4) is 0 Å². The molecule has 2 aromatic rings. The standard InChI is InChI=1S/C14H17N3O4/c1-7-8(2)17-21-14(7)16-13(20)10(15)5-9-3-4-11(18)12(19)6-9/h3-4,6,10,18-19H,5,15H2,1-2H3,(H,16,20)/t10-/m0/s1. The van der Waals surface area contributed by atoms with Crippen LogP contribution in [-0.2, 0) is 11.2 Å². The summed E-state index contributed by atoms with van der Waals surface area (Å²) in [5.74, 6) is -0.602. The number of aromatic hydroxyl groups is 2. The molecule has 7 heteroatoms. The number of rotatable bonds is 4. The van der Waals surface area contributed by atoms with Crippen molar-refractivity contribution >= 4 is 11.8 Å². The van der Waals surface area contributed by atoms with E-state index >= 15 is 0 Å². The van der Waals surface area contributed by atoms with Crippen molar-refractivity contribution in [2.45, 2.75) is 26.3 Å². The van der Waals surface area contributed by atoms with Gasteiger partial charge in [0.05, 0.1) is 11.7 Å². The van der Waals surface area contributed by atoms with Gasteiger partial charge in [0.25, 0.3) is 0 Å². The van der Waals surface area contributed by atoms with Crippen molar-refractivity contribution in [1.82, 2.24) is 5.16 Å².